The van der Waals surface area contributed by atoms with Gasteiger partial charge in [0.2, 0.25) is 0 Å². The first kappa shape index (κ1) is 22.2. The van der Waals surface area contributed by atoms with Gasteiger partial charge in [0.25, 0.3) is 5.91 Å². The molecule has 1 fully saturated rings. The van der Waals surface area contributed by atoms with Crippen molar-refractivity contribution >= 4 is 12.0 Å². The van der Waals surface area contributed by atoms with Gasteiger partial charge in [-0.05, 0) is 48.7 Å². The number of para-hydroxylation sites is 2. The average Bonchev–Trinajstić information content (AvgIpc) is 3.33. The molecule has 0 saturated carbocycles. The smallest absolute Gasteiger partial charge is 0.262 e. The zero-order valence-electron chi connectivity index (χ0n) is 17.5. The summed E-state index contributed by atoms with van der Waals surface area (Å²) in [6.07, 6.45) is 3.52. The SMILES string of the molecule is COc1ccccc1OCCOc1ccc(/C=C(\C#N)C(=O)NC[C@@H]2CCCO2)cc1. The Morgan fingerprint density at radius 3 is 2.58 bits per heavy atom. The molecule has 1 N–H and O–H groups in total. The van der Waals surface area contributed by atoms with Crippen molar-refractivity contribution in [3.63, 3.8) is 0 Å². The monoisotopic (exact) mass is 422 g/mol. The lowest BCUT2D eigenvalue weighted by Gasteiger charge is -2.11. The molecule has 3 rings (SSSR count). The molecule has 2 aromatic carbocycles. The molecule has 0 unspecified atom stereocenters. The van der Waals surface area contributed by atoms with Gasteiger partial charge >= 0.3 is 0 Å². The van der Waals surface area contributed by atoms with Gasteiger partial charge in [0.05, 0.1) is 13.2 Å². The summed E-state index contributed by atoms with van der Waals surface area (Å²) in [6.45, 7) is 1.87. The maximum atomic E-state index is 12.2. The first-order valence-corrected chi connectivity index (χ1v) is 10.2. The van der Waals surface area contributed by atoms with Crippen molar-refractivity contribution in [3.05, 3.63) is 59.7 Å². The van der Waals surface area contributed by atoms with Crippen LogP contribution >= 0.6 is 0 Å². The Labute approximate surface area is 182 Å². The highest BCUT2D eigenvalue weighted by Crippen LogP contribution is 2.25. The number of nitrogens with zero attached hydrogens (tertiary/aromatic N) is 1. The number of hydrogen-bond donors (Lipinski definition) is 1. The second-order valence-corrected chi connectivity index (χ2v) is 6.93. The lowest BCUT2D eigenvalue weighted by atomic mass is 10.1. The van der Waals surface area contributed by atoms with E-state index >= 15 is 0 Å². The van der Waals surface area contributed by atoms with E-state index in [0.29, 0.717) is 37.0 Å². The molecule has 1 aliphatic heterocycles. The average molecular weight is 422 g/mol. The normalized spacial score (nSPS) is 15.7. The van der Waals surface area contributed by atoms with Crippen molar-refractivity contribution in [2.75, 3.05) is 33.5 Å². The van der Waals surface area contributed by atoms with Crippen molar-refractivity contribution in [2.24, 2.45) is 0 Å². The lowest BCUT2D eigenvalue weighted by Crippen LogP contribution is -2.32. The molecule has 0 spiro atoms. The maximum Gasteiger partial charge on any atom is 0.262 e. The molecule has 0 aliphatic carbocycles. The minimum Gasteiger partial charge on any atom is -0.493 e. The number of benzene rings is 2. The van der Waals surface area contributed by atoms with E-state index in [0.717, 1.165) is 25.0 Å². The Morgan fingerprint density at radius 2 is 1.90 bits per heavy atom. The number of carbonyl (C=O) groups excluding carboxylic acids is 1. The summed E-state index contributed by atoms with van der Waals surface area (Å²) >= 11 is 0. The largest absolute Gasteiger partial charge is 0.493 e. The highest BCUT2D eigenvalue weighted by atomic mass is 16.5. The molecule has 1 aliphatic rings. The molecule has 0 radical (unpaired) electrons. The molecule has 162 valence electrons. The number of hydrogen-bond acceptors (Lipinski definition) is 6. The number of carbonyl (C=O) groups is 1. The zero-order chi connectivity index (χ0) is 21.9. The lowest BCUT2D eigenvalue weighted by molar-refractivity contribution is -0.117. The van der Waals surface area contributed by atoms with Gasteiger partial charge in [-0.25, -0.2) is 0 Å². The minimum absolute atomic E-state index is 0.0345. The van der Waals surface area contributed by atoms with Gasteiger partial charge in [-0.1, -0.05) is 24.3 Å². The summed E-state index contributed by atoms with van der Waals surface area (Å²) in [6, 6.07) is 16.5. The van der Waals surface area contributed by atoms with Crippen LogP contribution in [0.4, 0.5) is 0 Å². The summed E-state index contributed by atoms with van der Waals surface area (Å²) in [5.41, 5.74) is 0.790. The van der Waals surface area contributed by atoms with E-state index < -0.39 is 5.91 Å². The van der Waals surface area contributed by atoms with Crippen LogP contribution in [0.3, 0.4) is 0 Å². The molecular formula is C24H26N2O5. The zero-order valence-corrected chi connectivity index (χ0v) is 17.5. The first-order valence-electron chi connectivity index (χ1n) is 10.2. The van der Waals surface area contributed by atoms with Gasteiger partial charge in [-0.15, -0.1) is 0 Å². The van der Waals surface area contributed by atoms with Gasteiger partial charge in [0.1, 0.15) is 30.6 Å². The first-order chi connectivity index (χ1) is 15.2. The molecule has 7 heteroatoms. The number of amides is 1. The fourth-order valence-electron chi connectivity index (χ4n) is 3.13. The highest BCUT2D eigenvalue weighted by Gasteiger charge is 2.17. The van der Waals surface area contributed by atoms with Crippen LogP contribution in [-0.4, -0.2) is 45.5 Å². The predicted octanol–water partition coefficient (Wildman–Crippen LogP) is 3.36. The third kappa shape index (κ3) is 6.76. The van der Waals surface area contributed by atoms with Crippen molar-refractivity contribution in [3.8, 4) is 23.3 Å². The van der Waals surface area contributed by atoms with Crippen LogP contribution in [0.1, 0.15) is 18.4 Å². The number of ether oxygens (including phenoxy) is 4. The number of rotatable bonds is 10. The summed E-state index contributed by atoms with van der Waals surface area (Å²) in [4.78, 5) is 12.2. The molecule has 0 aromatic heterocycles. The summed E-state index contributed by atoms with van der Waals surface area (Å²) in [5.74, 6) is 1.61. The van der Waals surface area contributed by atoms with E-state index in [1.54, 1.807) is 37.5 Å². The minimum atomic E-state index is -0.396. The Balaban J connectivity index is 1.47. The number of nitriles is 1. The molecule has 1 amide bonds. The predicted molar refractivity (Wildman–Crippen MR) is 116 cm³/mol. The standard InChI is InChI=1S/C24H26N2O5/c1-28-22-6-2-3-7-23(22)31-14-13-30-20-10-8-18(9-11-20)15-19(16-25)24(27)26-17-21-5-4-12-29-21/h2-3,6-11,15,21H,4-5,12-14,17H2,1H3,(H,26,27)/b19-15+/t21-/m0/s1. The van der Waals surface area contributed by atoms with E-state index in [2.05, 4.69) is 5.32 Å². The Morgan fingerprint density at radius 1 is 1.16 bits per heavy atom. The van der Waals surface area contributed by atoms with Crippen LogP contribution in [-0.2, 0) is 9.53 Å². The fraction of sp³-hybridized carbons (Fsp3) is 0.333. The molecular weight excluding hydrogens is 396 g/mol. The van der Waals surface area contributed by atoms with E-state index in [9.17, 15) is 10.1 Å². The molecule has 1 atom stereocenters. The van der Waals surface area contributed by atoms with Crippen LogP contribution in [0.2, 0.25) is 0 Å². The third-order valence-electron chi connectivity index (χ3n) is 4.75. The van der Waals surface area contributed by atoms with Crippen LogP contribution < -0.4 is 19.5 Å². The Hall–Kier alpha value is -3.50. The molecule has 7 nitrogen and oxygen atoms in total. The van der Waals surface area contributed by atoms with Crippen LogP contribution in [0.25, 0.3) is 6.08 Å². The topological polar surface area (TPSA) is 89.8 Å². The Bertz CT molecular complexity index is 928. The fourth-order valence-corrected chi connectivity index (χ4v) is 3.13. The summed E-state index contributed by atoms with van der Waals surface area (Å²) in [5, 5.41) is 12.1. The van der Waals surface area contributed by atoms with E-state index in [1.165, 1.54) is 0 Å². The van der Waals surface area contributed by atoms with Crippen molar-refractivity contribution in [1.29, 1.82) is 5.26 Å². The summed E-state index contributed by atoms with van der Waals surface area (Å²) in [7, 11) is 1.60. The van der Waals surface area contributed by atoms with Crippen molar-refractivity contribution in [2.45, 2.75) is 18.9 Å². The molecule has 1 saturated heterocycles. The molecule has 31 heavy (non-hydrogen) atoms. The molecule has 0 bridgehead atoms. The highest BCUT2D eigenvalue weighted by molar-refractivity contribution is 6.01. The number of nitrogens with one attached hydrogen (secondary N) is 1. The summed E-state index contributed by atoms with van der Waals surface area (Å²) < 4.78 is 22.1. The van der Waals surface area contributed by atoms with E-state index in [-0.39, 0.29) is 11.7 Å². The maximum absolute atomic E-state index is 12.2. The molecule has 2 aromatic rings. The van der Waals surface area contributed by atoms with Gasteiger partial charge in [0, 0.05) is 13.2 Å². The number of methoxy groups -OCH3 is 1. The van der Waals surface area contributed by atoms with Crippen molar-refractivity contribution < 1.29 is 23.7 Å². The van der Waals surface area contributed by atoms with E-state index in [1.807, 2.05) is 30.3 Å². The van der Waals surface area contributed by atoms with E-state index in [4.69, 9.17) is 18.9 Å². The van der Waals surface area contributed by atoms with Crippen LogP contribution in [0, 0.1) is 11.3 Å². The van der Waals surface area contributed by atoms with Crippen LogP contribution in [0.5, 0.6) is 17.2 Å². The van der Waals surface area contributed by atoms with Gasteiger partial charge in [0.15, 0.2) is 11.5 Å². The van der Waals surface area contributed by atoms with Crippen LogP contribution in [0.15, 0.2) is 54.1 Å². The molecule has 1 heterocycles. The van der Waals surface area contributed by atoms with Crippen molar-refractivity contribution in [1.82, 2.24) is 5.32 Å². The van der Waals surface area contributed by atoms with Gasteiger partial charge in [-0.2, -0.15) is 5.26 Å². The van der Waals surface area contributed by atoms with Gasteiger partial charge in [-0.3, -0.25) is 4.79 Å². The second-order valence-electron chi connectivity index (χ2n) is 6.93. The third-order valence-corrected chi connectivity index (χ3v) is 4.75. The quantitative estimate of drug-likeness (QED) is 0.359. The Kier molecular flexibility index (Phi) is 8.32. The van der Waals surface area contributed by atoms with Gasteiger partial charge < -0.3 is 24.3 Å². The second kappa shape index (κ2) is 11.6.